The molecule has 2 atom stereocenters. The lowest BCUT2D eigenvalue weighted by Crippen LogP contribution is -2.42. The number of nitrogens with one attached hydrogen (secondary N) is 1. The van der Waals surface area contributed by atoms with Crippen molar-refractivity contribution in [2.75, 3.05) is 25.0 Å². The topological polar surface area (TPSA) is 67.6 Å². The van der Waals surface area contributed by atoms with Gasteiger partial charge >= 0.3 is 0 Å². The SMILES string of the molecule is CCNc1ccc([N+](=O)[O-])cc1CN1CC2CCC(C1)O2. The van der Waals surface area contributed by atoms with Crippen LogP contribution in [0.3, 0.4) is 0 Å². The highest BCUT2D eigenvalue weighted by Gasteiger charge is 2.33. The summed E-state index contributed by atoms with van der Waals surface area (Å²) in [5, 5.41) is 14.3. The molecule has 0 saturated carbocycles. The van der Waals surface area contributed by atoms with Crippen LogP contribution in [0, 0.1) is 10.1 Å². The van der Waals surface area contributed by atoms with E-state index in [0.717, 1.165) is 50.3 Å². The smallest absolute Gasteiger partial charge is 0.269 e. The number of hydrogen-bond donors (Lipinski definition) is 1. The van der Waals surface area contributed by atoms with E-state index in [1.54, 1.807) is 12.1 Å². The minimum Gasteiger partial charge on any atom is -0.385 e. The minimum atomic E-state index is -0.331. The van der Waals surface area contributed by atoms with E-state index in [1.165, 1.54) is 0 Å². The van der Waals surface area contributed by atoms with Crippen LogP contribution in [0.4, 0.5) is 11.4 Å². The molecule has 1 aromatic rings. The van der Waals surface area contributed by atoms with Crippen molar-refractivity contribution in [3.63, 3.8) is 0 Å². The molecule has 0 aliphatic carbocycles. The van der Waals surface area contributed by atoms with E-state index in [-0.39, 0.29) is 10.6 Å². The fraction of sp³-hybridized carbons (Fsp3) is 0.600. The Morgan fingerprint density at radius 2 is 2.10 bits per heavy atom. The summed E-state index contributed by atoms with van der Waals surface area (Å²) in [4.78, 5) is 13.0. The molecule has 2 saturated heterocycles. The minimum absolute atomic E-state index is 0.155. The Bertz CT molecular complexity index is 523. The van der Waals surface area contributed by atoms with Crippen molar-refractivity contribution in [2.24, 2.45) is 0 Å². The number of benzene rings is 1. The Labute approximate surface area is 124 Å². The third-order valence-corrected chi connectivity index (χ3v) is 4.18. The second kappa shape index (κ2) is 5.99. The van der Waals surface area contributed by atoms with Crippen molar-refractivity contribution in [1.82, 2.24) is 4.90 Å². The lowest BCUT2D eigenvalue weighted by Gasteiger charge is -2.32. The number of nitro benzene ring substituents is 1. The van der Waals surface area contributed by atoms with E-state index >= 15 is 0 Å². The molecule has 0 amide bonds. The molecular weight excluding hydrogens is 270 g/mol. The van der Waals surface area contributed by atoms with Gasteiger partial charge in [-0.1, -0.05) is 0 Å². The predicted molar refractivity (Wildman–Crippen MR) is 80.4 cm³/mol. The summed E-state index contributed by atoms with van der Waals surface area (Å²) in [6, 6.07) is 5.06. The number of likely N-dealkylation sites (tertiary alicyclic amines) is 1. The van der Waals surface area contributed by atoms with Gasteiger partial charge in [-0.05, 0) is 31.4 Å². The molecular formula is C15H21N3O3. The maximum absolute atomic E-state index is 11.0. The Hall–Kier alpha value is -1.66. The summed E-state index contributed by atoms with van der Waals surface area (Å²) >= 11 is 0. The lowest BCUT2D eigenvalue weighted by molar-refractivity contribution is -0.384. The molecule has 2 bridgehead atoms. The van der Waals surface area contributed by atoms with Crippen LogP contribution in [0.15, 0.2) is 18.2 Å². The zero-order valence-electron chi connectivity index (χ0n) is 12.2. The number of anilines is 1. The molecule has 2 heterocycles. The Balaban J connectivity index is 1.78. The number of nitrogens with zero attached hydrogens (tertiary/aromatic N) is 2. The van der Waals surface area contributed by atoms with Gasteiger partial charge < -0.3 is 10.1 Å². The molecule has 2 aliphatic heterocycles. The molecule has 2 unspecified atom stereocenters. The summed E-state index contributed by atoms with van der Waals surface area (Å²) in [6.07, 6.45) is 2.95. The molecule has 114 valence electrons. The Kier molecular flexibility index (Phi) is 4.07. The zero-order valence-corrected chi connectivity index (χ0v) is 12.2. The largest absolute Gasteiger partial charge is 0.385 e. The highest BCUT2D eigenvalue weighted by molar-refractivity contribution is 5.56. The van der Waals surface area contributed by atoms with Gasteiger partial charge in [-0.25, -0.2) is 0 Å². The zero-order chi connectivity index (χ0) is 14.8. The number of hydrogen-bond acceptors (Lipinski definition) is 5. The van der Waals surface area contributed by atoms with E-state index in [9.17, 15) is 10.1 Å². The fourth-order valence-corrected chi connectivity index (χ4v) is 3.26. The first-order chi connectivity index (χ1) is 10.2. The first-order valence-corrected chi connectivity index (χ1v) is 7.54. The van der Waals surface area contributed by atoms with Crippen molar-refractivity contribution in [2.45, 2.75) is 38.5 Å². The van der Waals surface area contributed by atoms with Gasteiger partial charge in [0.2, 0.25) is 0 Å². The van der Waals surface area contributed by atoms with Gasteiger partial charge in [0.1, 0.15) is 0 Å². The maximum Gasteiger partial charge on any atom is 0.269 e. The van der Waals surface area contributed by atoms with Crippen LogP contribution in [0.2, 0.25) is 0 Å². The molecule has 6 heteroatoms. The van der Waals surface area contributed by atoms with Crippen LogP contribution >= 0.6 is 0 Å². The van der Waals surface area contributed by atoms with E-state index in [4.69, 9.17) is 4.74 Å². The van der Waals surface area contributed by atoms with Gasteiger partial charge in [0.15, 0.2) is 0 Å². The van der Waals surface area contributed by atoms with Crippen LogP contribution in [0.25, 0.3) is 0 Å². The van der Waals surface area contributed by atoms with Crippen molar-refractivity contribution in [1.29, 1.82) is 0 Å². The molecule has 3 rings (SSSR count). The second-order valence-corrected chi connectivity index (χ2v) is 5.78. The van der Waals surface area contributed by atoms with Crippen LogP contribution in [-0.2, 0) is 11.3 Å². The quantitative estimate of drug-likeness (QED) is 0.666. The molecule has 0 aromatic heterocycles. The first kappa shape index (κ1) is 14.3. The van der Waals surface area contributed by atoms with E-state index in [0.29, 0.717) is 12.2 Å². The van der Waals surface area contributed by atoms with Crippen LogP contribution < -0.4 is 5.32 Å². The van der Waals surface area contributed by atoms with Crippen molar-refractivity contribution < 1.29 is 9.66 Å². The average Bonchev–Trinajstić information content (AvgIpc) is 2.80. The van der Waals surface area contributed by atoms with E-state index < -0.39 is 0 Å². The summed E-state index contributed by atoms with van der Waals surface area (Å²) in [7, 11) is 0. The summed E-state index contributed by atoms with van der Waals surface area (Å²) in [5.74, 6) is 0. The molecule has 21 heavy (non-hydrogen) atoms. The molecule has 1 N–H and O–H groups in total. The molecule has 2 aliphatic rings. The molecule has 1 aromatic carbocycles. The van der Waals surface area contributed by atoms with Crippen molar-refractivity contribution >= 4 is 11.4 Å². The van der Waals surface area contributed by atoms with Crippen LogP contribution in [-0.4, -0.2) is 41.7 Å². The van der Waals surface area contributed by atoms with Crippen molar-refractivity contribution in [3.05, 3.63) is 33.9 Å². The normalized spacial score (nSPS) is 25.0. The van der Waals surface area contributed by atoms with E-state index in [2.05, 4.69) is 10.2 Å². The van der Waals surface area contributed by atoms with Crippen LogP contribution in [0.1, 0.15) is 25.3 Å². The lowest BCUT2D eigenvalue weighted by atomic mass is 10.1. The number of non-ortho nitro benzene ring substituents is 1. The van der Waals surface area contributed by atoms with Crippen molar-refractivity contribution in [3.8, 4) is 0 Å². The summed E-state index contributed by atoms with van der Waals surface area (Å²) in [6.45, 7) is 5.41. The number of nitro groups is 1. The van der Waals surface area contributed by atoms with Crippen LogP contribution in [0.5, 0.6) is 0 Å². The Morgan fingerprint density at radius 1 is 1.38 bits per heavy atom. The average molecular weight is 291 g/mol. The van der Waals surface area contributed by atoms with Gasteiger partial charge in [-0.2, -0.15) is 0 Å². The molecule has 0 spiro atoms. The standard InChI is InChI=1S/C15H21N3O3/c1-2-16-15-6-3-12(18(19)20)7-11(15)8-17-9-13-4-5-14(10-17)21-13/h3,6-7,13-14,16H,2,4-5,8-10H2,1H3. The van der Waals surface area contributed by atoms with Gasteiger partial charge in [-0.15, -0.1) is 0 Å². The number of morpholine rings is 1. The molecule has 0 radical (unpaired) electrons. The molecule has 6 nitrogen and oxygen atoms in total. The number of fused-ring (bicyclic) bond motifs is 2. The maximum atomic E-state index is 11.0. The predicted octanol–water partition coefficient (Wildman–Crippen LogP) is 2.39. The molecule has 2 fully saturated rings. The Morgan fingerprint density at radius 3 is 2.71 bits per heavy atom. The van der Waals surface area contributed by atoms with Gasteiger partial charge in [-0.3, -0.25) is 15.0 Å². The first-order valence-electron chi connectivity index (χ1n) is 7.54. The van der Waals surface area contributed by atoms with E-state index in [1.807, 2.05) is 13.0 Å². The number of ether oxygens (including phenoxy) is 1. The second-order valence-electron chi connectivity index (χ2n) is 5.78. The summed E-state index contributed by atoms with van der Waals surface area (Å²) < 4.78 is 5.84. The summed E-state index contributed by atoms with van der Waals surface area (Å²) in [5.41, 5.74) is 2.14. The van der Waals surface area contributed by atoms with Gasteiger partial charge in [0, 0.05) is 44.0 Å². The highest BCUT2D eigenvalue weighted by atomic mass is 16.6. The third kappa shape index (κ3) is 3.16. The fourth-order valence-electron chi connectivity index (χ4n) is 3.26. The number of rotatable bonds is 5. The monoisotopic (exact) mass is 291 g/mol. The van der Waals surface area contributed by atoms with Gasteiger partial charge in [0.05, 0.1) is 17.1 Å². The van der Waals surface area contributed by atoms with Gasteiger partial charge in [0.25, 0.3) is 5.69 Å². The third-order valence-electron chi connectivity index (χ3n) is 4.18. The highest BCUT2D eigenvalue weighted by Crippen LogP contribution is 2.29.